The summed E-state index contributed by atoms with van der Waals surface area (Å²) in [5, 5.41) is 8.66. The topological polar surface area (TPSA) is 57.6 Å². The van der Waals surface area contributed by atoms with Gasteiger partial charge >= 0.3 is 5.97 Å². The molecule has 0 saturated carbocycles. The molecule has 1 aromatic rings. The first-order chi connectivity index (χ1) is 8.52. The number of hydrogen-bond donors (Lipinski definition) is 1. The van der Waals surface area contributed by atoms with Gasteiger partial charge in [0.05, 0.1) is 0 Å². The highest BCUT2D eigenvalue weighted by molar-refractivity contribution is 9.10. The molecule has 0 spiro atoms. The van der Waals surface area contributed by atoms with Crippen molar-refractivity contribution in [2.24, 2.45) is 0 Å². The maximum absolute atomic E-state index is 11.7. The van der Waals surface area contributed by atoms with Crippen LogP contribution in [0, 0.1) is 0 Å². The lowest BCUT2D eigenvalue weighted by Crippen LogP contribution is -2.34. The van der Waals surface area contributed by atoms with Crippen LogP contribution < -0.4 is 0 Å². The number of benzene rings is 1. The molecule has 0 aliphatic heterocycles. The fourth-order valence-corrected chi connectivity index (χ4v) is 1.62. The second-order valence-corrected chi connectivity index (χ2v) is 4.55. The van der Waals surface area contributed by atoms with Gasteiger partial charge in [-0.05, 0) is 30.7 Å². The van der Waals surface area contributed by atoms with Gasteiger partial charge in [-0.1, -0.05) is 28.1 Å². The van der Waals surface area contributed by atoms with Crippen LogP contribution in [0.15, 0.2) is 34.8 Å². The minimum atomic E-state index is -1.01. The average molecular weight is 312 g/mol. The van der Waals surface area contributed by atoms with Crippen molar-refractivity contribution in [2.45, 2.75) is 6.92 Å². The summed E-state index contributed by atoms with van der Waals surface area (Å²) in [6.45, 7) is 1.84. The maximum Gasteiger partial charge on any atom is 0.323 e. The second-order valence-electron chi connectivity index (χ2n) is 3.63. The van der Waals surface area contributed by atoms with E-state index in [4.69, 9.17) is 5.11 Å². The lowest BCUT2D eigenvalue weighted by atomic mass is 10.2. The minimum absolute atomic E-state index is 0.278. The first-order valence-electron chi connectivity index (χ1n) is 5.47. The van der Waals surface area contributed by atoms with Crippen molar-refractivity contribution in [3.8, 4) is 0 Å². The molecule has 1 aromatic carbocycles. The molecule has 1 amide bonds. The van der Waals surface area contributed by atoms with Crippen LogP contribution in [-0.2, 0) is 9.59 Å². The number of hydrogen-bond acceptors (Lipinski definition) is 2. The number of aliphatic carboxylic acids is 1. The summed E-state index contributed by atoms with van der Waals surface area (Å²) < 4.78 is 0.965. The third-order valence-electron chi connectivity index (χ3n) is 2.31. The first kappa shape index (κ1) is 14.4. The van der Waals surface area contributed by atoms with E-state index in [1.807, 2.05) is 24.3 Å². The molecule has 0 aliphatic carbocycles. The molecule has 4 nitrogen and oxygen atoms in total. The van der Waals surface area contributed by atoms with E-state index in [-0.39, 0.29) is 12.5 Å². The molecule has 0 bridgehead atoms. The Labute approximate surface area is 114 Å². The monoisotopic (exact) mass is 311 g/mol. The number of rotatable bonds is 5. The Hall–Kier alpha value is -1.62. The van der Waals surface area contributed by atoms with Crippen LogP contribution in [0.1, 0.15) is 12.5 Å². The van der Waals surface area contributed by atoms with Crippen LogP contribution in [0.25, 0.3) is 6.08 Å². The predicted octanol–water partition coefficient (Wildman–Crippen LogP) is 2.40. The molecule has 0 atom stereocenters. The number of carbonyl (C=O) groups excluding carboxylic acids is 1. The molecule has 0 radical (unpaired) electrons. The normalized spacial score (nSPS) is 10.6. The summed E-state index contributed by atoms with van der Waals surface area (Å²) >= 11 is 3.32. The van der Waals surface area contributed by atoms with Gasteiger partial charge in [-0.15, -0.1) is 0 Å². The fourth-order valence-electron chi connectivity index (χ4n) is 1.36. The van der Waals surface area contributed by atoms with Gasteiger partial charge in [-0.25, -0.2) is 0 Å². The quantitative estimate of drug-likeness (QED) is 0.849. The van der Waals surface area contributed by atoms with Crippen LogP contribution in [0.4, 0.5) is 0 Å². The van der Waals surface area contributed by atoms with Gasteiger partial charge in [-0.3, -0.25) is 9.59 Å². The largest absolute Gasteiger partial charge is 0.480 e. The number of carbonyl (C=O) groups is 2. The van der Waals surface area contributed by atoms with E-state index in [2.05, 4.69) is 15.9 Å². The van der Waals surface area contributed by atoms with Crippen molar-refractivity contribution in [3.63, 3.8) is 0 Å². The van der Waals surface area contributed by atoms with E-state index in [0.29, 0.717) is 6.54 Å². The molecule has 1 rings (SSSR count). The SMILES string of the molecule is CCN(CC(=O)O)C(=O)/C=C/c1ccc(Br)cc1. The van der Waals surface area contributed by atoms with E-state index < -0.39 is 5.97 Å². The molecule has 0 aromatic heterocycles. The zero-order valence-corrected chi connectivity index (χ0v) is 11.6. The summed E-state index contributed by atoms with van der Waals surface area (Å²) in [4.78, 5) is 23.5. The third kappa shape index (κ3) is 4.71. The number of carboxylic acids is 1. The van der Waals surface area contributed by atoms with E-state index in [1.165, 1.54) is 11.0 Å². The molecule has 0 saturated heterocycles. The van der Waals surface area contributed by atoms with Crippen molar-refractivity contribution < 1.29 is 14.7 Å². The molecular formula is C13H14BrNO3. The Morgan fingerprint density at radius 2 is 1.94 bits per heavy atom. The molecule has 0 unspecified atom stereocenters. The molecular weight excluding hydrogens is 298 g/mol. The fraction of sp³-hybridized carbons (Fsp3) is 0.231. The van der Waals surface area contributed by atoms with Crippen molar-refractivity contribution >= 4 is 33.9 Å². The summed E-state index contributed by atoms with van der Waals surface area (Å²) in [5.74, 6) is -1.31. The van der Waals surface area contributed by atoms with Gasteiger partial charge in [0.25, 0.3) is 0 Å². The minimum Gasteiger partial charge on any atom is -0.480 e. The van der Waals surface area contributed by atoms with Crippen LogP contribution in [-0.4, -0.2) is 35.0 Å². The van der Waals surface area contributed by atoms with Gasteiger partial charge in [0.1, 0.15) is 6.54 Å². The van der Waals surface area contributed by atoms with Crippen molar-refractivity contribution in [1.82, 2.24) is 4.90 Å². The van der Waals surface area contributed by atoms with Crippen LogP contribution >= 0.6 is 15.9 Å². The highest BCUT2D eigenvalue weighted by Crippen LogP contribution is 2.11. The number of nitrogens with zero attached hydrogens (tertiary/aromatic N) is 1. The summed E-state index contributed by atoms with van der Waals surface area (Å²) in [6.07, 6.45) is 3.05. The van der Waals surface area contributed by atoms with E-state index in [0.717, 1.165) is 10.0 Å². The highest BCUT2D eigenvalue weighted by Gasteiger charge is 2.11. The van der Waals surface area contributed by atoms with Crippen LogP contribution in [0.3, 0.4) is 0 Å². The third-order valence-corrected chi connectivity index (χ3v) is 2.84. The van der Waals surface area contributed by atoms with Crippen LogP contribution in [0.5, 0.6) is 0 Å². The summed E-state index contributed by atoms with van der Waals surface area (Å²) in [6, 6.07) is 7.47. The number of halogens is 1. The zero-order chi connectivity index (χ0) is 13.5. The lowest BCUT2D eigenvalue weighted by molar-refractivity contribution is -0.142. The van der Waals surface area contributed by atoms with Crippen molar-refractivity contribution in [3.05, 3.63) is 40.4 Å². The second kappa shape index (κ2) is 6.96. The van der Waals surface area contributed by atoms with Crippen LogP contribution in [0.2, 0.25) is 0 Å². The number of likely N-dealkylation sites (N-methyl/N-ethyl adjacent to an activating group) is 1. The Balaban J connectivity index is 2.67. The number of amides is 1. The molecule has 96 valence electrons. The molecule has 1 N–H and O–H groups in total. The van der Waals surface area contributed by atoms with E-state index >= 15 is 0 Å². The zero-order valence-electron chi connectivity index (χ0n) is 9.97. The standard InChI is InChI=1S/C13H14BrNO3/c1-2-15(9-13(17)18)12(16)8-5-10-3-6-11(14)7-4-10/h3-8H,2,9H2,1H3,(H,17,18)/b8-5+. The molecule has 0 heterocycles. The van der Waals surface area contributed by atoms with Crippen molar-refractivity contribution in [1.29, 1.82) is 0 Å². The molecule has 0 aliphatic rings. The van der Waals surface area contributed by atoms with Gasteiger partial charge < -0.3 is 10.0 Å². The van der Waals surface area contributed by atoms with Crippen molar-refractivity contribution in [2.75, 3.05) is 13.1 Å². The smallest absolute Gasteiger partial charge is 0.323 e. The maximum atomic E-state index is 11.7. The first-order valence-corrected chi connectivity index (χ1v) is 6.26. The summed E-state index contributed by atoms with van der Waals surface area (Å²) in [7, 11) is 0. The Morgan fingerprint density at radius 3 is 2.44 bits per heavy atom. The van der Waals surface area contributed by atoms with E-state index in [9.17, 15) is 9.59 Å². The molecule has 5 heteroatoms. The van der Waals surface area contributed by atoms with E-state index in [1.54, 1.807) is 13.0 Å². The highest BCUT2D eigenvalue weighted by atomic mass is 79.9. The Morgan fingerprint density at radius 1 is 1.33 bits per heavy atom. The summed E-state index contributed by atoms with van der Waals surface area (Å²) in [5.41, 5.74) is 0.887. The lowest BCUT2D eigenvalue weighted by Gasteiger charge is -2.15. The molecule has 0 fully saturated rings. The predicted molar refractivity (Wildman–Crippen MR) is 73.1 cm³/mol. The Bertz CT molecular complexity index is 454. The average Bonchev–Trinajstić information content (AvgIpc) is 2.34. The Kier molecular flexibility index (Phi) is 5.58. The van der Waals surface area contributed by atoms with Gasteiger partial charge in [-0.2, -0.15) is 0 Å². The van der Waals surface area contributed by atoms with Gasteiger partial charge in [0.15, 0.2) is 0 Å². The molecule has 18 heavy (non-hydrogen) atoms. The van der Waals surface area contributed by atoms with Gasteiger partial charge in [0.2, 0.25) is 5.91 Å². The number of carboxylic acid groups (broad SMARTS) is 1. The van der Waals surface area contributed by atoms with Gasteiger partial charge in [0, 0.05) is 17.1 Å².